The van der Waals surface area contributed by atoms with Crippen LogP contribution in [0.4, 0.5) is 16.2 Å². The first-order valence-electron chi connectivity index (χ1n) is 11.6. The highest BCUT2D eigenvalue weighted by Gasteiger charge is 2.24. The van der Waals surface area contributed by atoms with E-state index >= 15 is 0 Å². The number of allylic oxidation sites excluding steroid dienone is 1. The largest absolute Gasteiger partial charge is 0.345 e. The average Bonchev–Trinajstić information content (AvgIpc) is 3.52. The molecule has 3 heterocycles. The SMILES string of the molecule is C=CC(F)Cc1cc(-c2ncnc(Nc3ccn(C)n3)n2)ccc1CNC(=O)c1noc(C(C)(C)C)n1.[HH].[HH]. The van der Waals surface area contributed by atoms with Gasteiger partial charge in [0, 0.05) is 46.1 Å². The Balaban J connectivity index is 0.00000267. The molecule has 37 heavy (non-hydrogen) atoms. The second-order valence-electron chi connectivity index (χ2n) is 9.43. The number of hydrogen-bond acceptors (Lipinski definition) is 9. The summed E-state index contributed by atoms with van der Waals surface area (Å²) in [6, 6.07) is 7.19. The van der Waals surface area contributed by atoms with Gasteiger partial charge in [0.2, 0.25) is 11.8 Å². The van der Waals surface area contributed by atoms with E-state index < -0.39 is 12.1 Å². The Labute approximate surface area is 216 Å². The van der Waals surface area contributed by atoms with Crippen LogP contribution in [0, 0.1) is 0 Å². The molecule has 1 aromatic carbocycles. The highest BCUT2D eigenvalue weighted by molar-refractivity contribution is 5.90. The molecule has 2 N–H and O–H groups in total. The van der Waals surface area contributed by atoms with Gasteiger partial charge in [-0.05, 0) is 17.2 Å². The number of nitrogens with zero attached hydrogens (tertiary/aromatic N) is 7. The van der Waals surface area contributed by atoms with E-state index in [-0.39, 0.29) is 27.1 Å². The molecule has 0 bridgehead atoms. The quantitative estimate of drug-likeness (QED) is 0.318. The summed E-state index contributed by atoms with van der Waals surface area (Å²) in [6.45, 7) is 9.41. The number of alkyl halides is 1. The van der Waals surface area contributed by atoms with Gasteiger partial charge in [0.15, 0.2) is 11.6 Å². The molecule has 0 spiro atoms. The molecule has 0 fully saturated rings. The van der Waals surface area contributed by atoms with Gasteiger partial charge in [0.25, 0.3) is 11.7 Å². The number of nitrogens with one attached hydrogen (secondary N) is 2. The van der Waals surface area contributed by atoms with Gasteiger partial charge in [0.05, 0.1) is 0 Å². The maximum Gasteiger partial charge on any atom is 0.292 e. The summed E-state index contributed by atoms with van der Waals surface area (Å²) in [7, 11) is 1.81. The van der Waals surface area contributed by atoms with Crippen molar-refractivity contribution < 1.29 is 16.6 Å². The molecule has 1 atom stereocenters. The first-order valence-corrected chi connectivity index (χ1v) is 11.6. The van der Waals surface area contributed by atoms with E-state index in [1.165, 1.54) is 12.4 Å². The summed E-state index contributed by atoms with van der Waals surface area (Å²) in [4.78, 5) is 29.6. The Bertz CT molecular complexity index is 1420. The van der Waals surface area contributed by atoms with Crippen LogP contribution in [0.1, 0.15) is 51.3 Å². The van der Waals surface area contributed by atoms with Gasteiger partial charge in [-0.1, -0.05) is 44.1 Å². The molecule has 4 rings (SSSR count). The third-order valence-electron chi connectivity index (χ3n) is 5.37. The van der Waals surface area contributed by atoms with Crippen LogP contribution in [0.3, 0.4) is 0 Å². The van der Waals surface area contributed by atoms with Crippen molar-refractivity contribution in [2.45, 2.75) is 45.3 Å². The molecule has 196 valence electrons. The standard InChI is InChI=1S/C25H28FN9O2.2H2/c1-6-18(26)12-17-11-15(20-28-14-29-24(32-20)30-19-9-10-35(5)33-19)7-8-16(17)13-27-22(36)21-31-23(37-34-21)25(2,3)4;;/h6-11,14,18H,1,12-13H2,2-5H3,(H,27,36)(H,28,29,30,32,33);2*1H. The van der Waals surface area contributed by atoms with Crippen LogP contribution in [-0.4, -0.2) is 47.0 Å². The highest BCUT2D eigenvalue weighted by Crippen LogP contribution is 2.23. The Kier molecular flexibility index (Phi) is 7.37. The van der Waals surface area contributed by atoms with Crippen molar-refractivity contribution in [2.75, 3.05) is 5.32 Å². The summed E-state index contributed by atoms with van der Waals surface area (Å²) in [5.41, 5.74) is 1.69. The molecule has 0 radical (unpaired) electrons. The minimum absolute atomic E-state index is 0. The van der Waals surface area contributed by atoms with E-state index in [9.17, 15) is 9.18 Å². The van der Waals surface area contributed by atoms with Gasteiger partial charge in [-0.2, -0.15) is 15.1 Å². The first kappa shape index (κ1) is 25.6. The Morgan fingerprint density at radius 2 is 2.05 bits per heavy atom. The van der Waals surface area contributed by atoms with Crippen molar-refractivity contribution in [1.82, 2.24) is 40.2 Å². The topological polar surface area (TPSA) is 137 Å². The predicted octanol–water partition coefficient (Wildman–Crippen LogP) is 4.18. The molecular formula is C25H32FN9O2. The van der Waals surface area contributed by atoms with Crippen LogP contribution in [0.2, 0.25) is 0 Å². The molecule has 12 heteroatoms. The molecule has 0 saturated heterocycles. The summed E-state index contributed by atoms with van der Waals surface area (Å²) in [5.74, 6) is 1.14. The van der Waals surface area contributed by atoms with Crippen LogP contribution in [0.5, 0.6) is 0 Å². The van der Waals surface area contributed by atoms with E-state index in [4.69, 9.17) is 4.52 Å². The zero-order valence-corrected chi connectivity index (χ0v) is 21.1. The van der Waals surface area contributed by atoms with Crippen molar-refractivity contribution >= 4 is 17.7 Å². The minimum Gasteiger partial charge on any atom is -0.345 e. The summed E-state index contributed by atoms with van der Waals surface area (Å²) in [5, 5.41) is 13.8. The Morgan fingerprint density at radius 1 is 1.24 bits per heavy atom. The highest BCUT2D eigenvalue weighted by atomic mass is 19.1. The monoisotopic (exact) mass is 509 g/mol. The number of rotatable bonds is 9. The van der Waals surface area contributed by atoms with E-state index in [0.29, 0.717) is 34.6 Å². The number of carbonyl (C=O) groups is 1. The number of benzene rings is 1. The van der Waals surface area contributed by atoms with Gasteiger partial charge in [0.1, 0.15) is 12.5 Å². The number of amides is 1. The van der Waals surface area contributed by atoms with Gasteiger partial charge < -0.3 is 15.2 Å². The molecule has 1 amide bonds. The van der Waals surface area contributed by atoms with Gasteiger partial charge in [-0.25, -0.2) is 14.4 Å². The third kappa shape index (κ3) is 6.40. The number of halogens is 1. The van der Waals surface area contributed by atoms with Crippen LogP contribution >= 0.6 is 0 Å². The van der Waals surface area contributed by atoms with Gasteiger partial charge in [-0.3, -0.25) is 9.48 Å². The fourth-order valence-electron chi connectivity index (χ4n) is 3.39. The van der Waals surface area contributed by atoms with E-state index in [1.807, 2.05) is 27.8 Å². The smallest absolute Gasteiger partial charge is 0.292 e. The fourth-order valence-corrected chi connectivity index (χ4v) is 3.39. The van der Waals surface area contributed by atoms with E-state index in [0.717, 1.165) is 5.56 Å². The molecule has 0 aliphatic heterocycles. The summed E-state index contributed by atoms with van der Waals surface area (Å²) >= 11 is 0. The van der Waals surface area contributed by atoms with Crippen molar-refractivity contribution in [3.8, 4) is 11.4 Å². The van der Waals surface area contributed by atoms with E-state index in [2.05, 4.69) is 47.4 Å². The van der Waals surface area contributed by atoms with E-state index in [1.54, 1.807) is 35.1 Å². The lowest BCUT2D eigenvalue weighted by atomic mass is 9.97. The zero-order valence-electron chi connectivity index (χ0n) is 21.1. The van der Waals surface area contributed by atoms with Crippen molar-refractivity contribution in [1.29, 1.82) is 0 Å². The predicted molar refractivity (Wildman–Crippen MR) is 139 cm³/mol. The minimum atomic E-state index is -1.27. The van der Waals surface area contributed by atoms with Gasteiger partial charge in [-0.15, -0.1) is 6.58 Å². The maximum absolute atomic E-state index is 14.3. The van der Waals surface area contributed by atoms with Gasteiger partial charge >= 0.3 is 0 Å². The molecule has 3 aromatic heterocycles. The normalized spacial score (nSPS) is 12.2. The number of carbonyl (C=O) groups excluding carboxylic acids is 1. The van der Waals surface area contributed by atoms with Crippen LogP contribution in [0.25, 0.3) is 11.4 Å². The average molecular weight is 510 g/mol. The second-order valence-corrected chi connectivity index (χ2v) is 9.43. The lowest BCUT2D eigenvalue weighted by Gasteiger charge is -2.13. The molecule has 0 aliphatic carbocycles. The zero-order chi connectivity index (χ0) is 26.6. The molecule has 0 aliphatic rings. The Morgan fingerprint density at radius 3 is 2.73 bits per heavy atom. The fraction of sp³-hybridized carbons (Fsp3) is 0.320. The number of anilines is 2. The number of aryl methyl sites for hydroxylation is 1. The van der Waals surface area contributed by atoms with Crippen LogP contribution in [-0.2, 0) is 25.4 Å². The van der Waals surface area contributed by atoms with Crippen LogP contribution < -0.4 is 10.6 Å². The first-order chi connectivity index (χ1) is 17.6. The lowest BCUT2D eigenvalue weighted by Crippen LogP contribution is -2.25. The summed E-state index contributed by atoms with van der Waals surface area (Å²) < 4.78 is 21.2. The van der Waals surface area contributed by atoms with Crippen molar-refractivity contribution in [3.05, 3.63) is 72.3 Å². The molecular weight excluding hydrogens is 477 g/mol. The van der Waals surface area contributed by atoms with Crippen LogP contribution in [0.15, 0.2) is 54.0 Å². The van der Waals surface area contributed by atoms with Crippen molar-refractivity contribution in [2.24, 2.45) is 7.05 Å². The molecule has 4 aromatic rings. The Hall–Kier alpha value is -4.48. The third-order valence-corrected chi connectivity index (χ3v) is 5.37. The second kappa shape index (κ2) is 10.6. The van der Waals surface area contributed by atoms with Crippen molar-refractivity contribution in [3.63, 3.8) is 0 Å². The molecule has 0 saturated carbocycles. The number of hydrogen-bond donors (Lipinski definition) is 2. The molecule has 11 nitrogen and oxygen atoms in total. The molecule has 1 unspecified atom stereocenters. The maximum atomic E-state index is 14.3. The summed E-state index contributed by atoms with van der Waals surface area (Å²) in [6.07, 6.45) is 3.22. The lowest BCUT2D eigenvalue weighted by molar-refractivity contribution is 0.0937. The number of aromatic nitrogens is 7.